The molecule has 0 nitrogen and oxygen atoms in total. The van der Waals surface area contributed by atoms with E-state index in [1.54, 1.807) is 0 Å². The highest BCUT2D eigenvalue weighted by Crippen LogP contribution is 2.49. The molecule has 0 fully saturated rings. The van der Waals surface area contributed by atoms with Crippen molar-refractivity contribution in [3.8, 4) is 0 Å². The Morgan fingerprint density at radius 2 is 0.806 bits per heavy atom. The second kappa shape index (κ2) is 9.28. The Kier molecular flexibility index (Phi) is 7.18. The smallest absolute Gasteiger partial charge is 0.166 e. The fourth-order valence-corrected chi connectivity index (χ4v) is 6.58. The van der Waals surface area contributed by atoms with Crippen LogP contribution in [0.5, 0.6) is 0 Å². The molecule has 0 spiro atoms. The van der Waals surface area contributed by atoms with Crippen LogP contribution in [0.25, 0.3) is 0 Å². The molecule has 36 heavy (non-hydrogen) atoms. The van der Waals surface area contributed by atoms with Gasteiger partial charge in [0.2, 0.25) is 0 Å². The maximum Gasteiger partial charge on any atom is 0.417 e. The van der Waals surface area contributed by atoms with Gasteiger partial charge in [0, 0.05) is 0 Å². The number of hydrogen-bond donors (Lipinski definition) is 0. The predicted molar refractivity (Wildman–Crippen MR) is 110 cm³/mol. The molecule has 0 aliphatic heterocycles. The third-order valence-corrected chi connectivity index (χ3v) is 7.79. The van der Waals surface area contributed by atoms with Crippen molar-refractivity contribution >= 4 is 23.8 Å². The Balaban J connectivity index is 2.58. The number of rotatable bonds is 3. The summed E-state index contributed by atoms with van der Waals surface area (Å²) in [6.07, 6.45) is -22.5. The van der Waals surface area contributed by atoms with E-state index in [1.807, 2.05) is 0 Å². The maximum atomic E-state index is 14.0. The quantitative estimate of drug-likeness (QED) is 0.231. The fourth-order valence-electron chi connectivity index (χ4n) is 3.72. The van der Waals surface area contributed by atoms with E-state index in [0.29, 0.717) is 24.3 Å². The third kappa shape index (κ3) is 5.48. The van der Waals surface area contributed by atoms with Crippen molar-refractivity contribution in [2.75, 3.05) is 0 Å². The lowest BCUT2D eigenvalue weighted by molar-refractivity contribution is -0.161. The van der Waals surface area contributed by atoms with Crippen LogP contribution in [0.4, 0.5) is 52.7 Å². The molecular formula is C23H13F12P. The van der Waals surface area contributed by atoms with Gasteiger partial charge in [0.15, 0.2) is 0 Å². The lowest BCUT2D eigenvalue weighted by Gasteiger charge is -2.29. The molecule has 0 bridgehead atoms. The van der Waals surface area contributed by atoms with Crippen molar-refractivity contribution in [3.63, 3.8) is 0 Å². The van der Waals surface area contributed by atoms with Crippen molar-refractivity contribution in [1.82, 2.24) is 0 Å². The summed E-state index contributed by atoms with van der Waals surface area (Å²) in [5.41, 5.74) is -8.74. The molecule has 0 heterocycles. The largest absolute Gasteiger partial charge is 0.417 e. The first-order valence-electron chi connectivity index (χ1n) is 9.75. The molecule has 0 N–H and O–H groups in total. The van der Waals surface area contributed by atoms with Gasteiger partial charge in [0.1, 0.15) is 0 Å². The molecule has 3 rings (SSSR count). The Morgan fingerprint density at radius 1 is 0.444 bits per heavy atom. The molecule has 194 valence electrons. The van der Waals surface area contributed by atoms with Crippen LogP contribution < -0.4 is 15.9 Å². The summed E-state index contributed by atoms with van der Waals surface area (Å²) in [5, 5.41) is -2.67. The van der Waals surface area contributed by atoms with E-state index in [9.17, 15) is 52.7 Å². The number of hydrogen-bond acceptors (Lipinski definition) is 0. The van der Waals surface area contributed by atoms with Gasteiger partial charge in [-0.3, -0.25) is 0 Å². The number of benzene rings is 3. The van der Waals surface area contributed by atoms with Gasteiger partial charge in [-0.15, -0.1) is 0 Å². The monoisotopic (exact) mass is 548 g/mol. The van der Waals surface area contributed by atoms with Crippen LogP contribution in [0.1, 0.15) is 27.8 Å². The fraction of sp³-hybridized carbons (Fsp3) is 0.217. The average molecular weight is 548 g/mol. The van der Waals surface area contributed by atoms with E-state index in [-0.39, 0.29) is 23.0 Å². The van der Waals surface area contributed by atoms with E-state index in [4.69, 9.17) is 0 Å². The predicted octanol–water partition coefficient (Wildman–Crippen LogP) is 7.83. The highest BCUT2D eigenvalue weighted by atomic mass is 31.1. The molecule has 0 aliphatic carbocycles. The molecule has 0 radical (unpaired) electrons. The van der Waals surface area contributed by atoms with Crippen molar-refractivity contribution in [3.05, 3.63) is 88.5 Å². The second-order valence-corrected chi connectivity index (χ2v) is 9.63. The zero-order valence-electron chi connectivity index (χ0n) is 17.8. The second-order valence-electron chi connectivity index (χ2n) is 7.51. The minimum Gasteiger partial charge on any atom is -0.166 e. The zero-order valence-corrected chi connectivity index (χ0v) is 18.7. The molecule has 0 aromatic heterocycles. The molecule has 3 aromatic carbocycles. The summed E-state index contributed by atoms with van der Waals surface area (Å²) in [6, 6.07) is 7.51. The van der Waals surface area contributed by atoms with Crippen LogP contribution in [-0.4, -0.2) is 0 Å². The van der Waals surface area contributed by atoms with E-state index >= 15 is 0 Å². The molecule has 0 saturated heterocycles. The minimum absolute atomic E-state index is 0.0830. The summed E-state index contributed by atoms with van der Waals surface area (Å²) in [4.78, 5) is 0. The lowest BCUT2D eigenvalue weighted by atomic mass is 10.1. The summed E-state index contributed by atoms with van der Waals surface area (Å²) in [6.45, 7) is 1.28. The molecule has 0 atom stereocenters. The van der Waals surface area contributed by atoms with Gasteiger partial charge in [-0.05, 0) is 48.5 Å². The minimum atomic E-state index is -5.69. The van der Waals surface area contributed by atoms with E-state index < -0.39 is 65.5 Å². The van der Waals surface area contributed by atoms with Crippen LogP contribution in [0.15, 0.2) is 60.7 Å². The standard InChI is InChI=1S/C23H13F12P/c1-12-6-2-3-9-15(12)36(16-10-4-7-13(20(24,25)26)18(16)22(30,31)32)17-11-5-8-14(21(27,28)29)19(17)23(33,34)35/h2-11H,1H3. The van der Waals surface area contributed by atoms with Crippen LogP contribution in [0, 0.1) is 6.92 Å². The summed E-state index contributed by atoms with van der Waals surface area (Å²) in [5.74, 6) is 0. The van der Waals surface area contributed by atoms with Crippen LogP contribution in [0.2, 0.25) is 0 Å². The Hall–Kier alpha value is -2.75. The van der Waals surface area contributed by atoms with E-state index in [1.165, 1.54) is 25.1 Å². The first kappa shape index (κ1) is 27.8. The van der Waals surface area contributed by atoms with Gasteiger partial charge < -0.3 is 0 Å². The van der Waals surface area contributed by atoms with Crippen molar-refractivity contribution in [1.29, 1.82) is 0 Å². The van der Waals surface area contributed by atoms with Crippen molar-refractivity contribution < 1.29 is 52.7 Å². The van der Waals surface area contributed by atoms with Crippen molar-refractivity contribution in [2.45, 2.75) is 31.6 Å². The first-order chi connectivity index (χ1) is 16.3. The molecule has 3 aromatic rings. The van der Waals surface area contributed by atoms with Crippen LogP contribution >= 0.6 is 7.92 Å². The Labute approximate surface area is 197 Å². The summed E-state index contributed by atoms with van der Waals surface area (Å²) >= 11 is 0. The number of halogens is 12. The van der Waals surface area contributed by atoms with Crippen molar-refractivity contribution in [2.24, 2.45) is 0 Å². The lowest BCUT2D eigenvalue weighted by Crippen LogP contribution is -2.34. The van der Waals surface area contributed by atoms with Gasteiger partial charge in [0.05, 0.1) is 22.3 Å². The average Bonchev–Trinajstić information content (AvgIpc) is 2.72. The molecule has 0 saturated carbocycles. The molecule has 0 aliphatic rings. The highest BCUT2D eigenvalue weighted by molar-refractivity contribution is 7.80. The number of aryl methyl sites for hydroxylation is 1. The van der Waals surface area contributed by atoms with Gasteiger partial charge >= 0.3 is 24.7 Å². The van der Waals surface area contributed by atoms with E-state index in [2.05, 4.69) is 0 Å². The summed E-state index contributed by atoms with van der Waals surface area (Å²) in [7, 11) is -3.20. The van der Waals surface area contributed by atoms with Gasteiger partial charge in [0.25, 0.3) is 0 Å². The normalized spacial score (nSPS) is 13.4. The topological polar surface area (TPSA) is 0 Å². The maximum absolute atomic E-state index is 14.0. The molecule has 0 amide bonds. The molecular weight excluding hydrogens is 535 g/mol. The zero-order chi connectivity index (χ0) is 27.3. The Bertz CT molecular complexity index is 1170. The van der Waals surface area contributed by atoms with E-state index in [0.717, 1.165) is 6.07 Å². The highest BCUT2D eigenvalue weighted by Gasteiger charge is 2.49. The third-order valence-electron chi connectivity index (χ3n) is 5.10. The van der Waals surface area contributed by atoms with Crippen LogP contribution in [-0.2, 0) is 24.7 Å². The molecule has 13 heteroatoms. The Morgan fingerprint density at radius 3 is 1.14 bits per heavy atom. The number of alkyl halides is 12. The van der Waals surface area contributed by atoms with Gasteiger partial charge in [-0.1, -0.05) is 48.5 Å². The van der Waals surface area contributed by atoms with Gasteiger partial charge in [-0.2, -0.15) is 52.7 Å². The molecule has 0 unspecified atom stereocenters. The first-order valence-corrected chi connectivity index (χ1v) is 11.1. The SMILES string of the molecule is Cc1ccccc1P(c1cccc(C(F)(F)F)c1C(F)(F)F)c1cccc(C(F)(F)F)c1C(F)(F)F. The summed E-state index contributed by atoms with van der Waals surface area (Å²) < 4.78 is 166. The van der Waals surface area contributed by atoms with Gasteiger partial charge in [-0.25, -0.2) is 0 Å². The van der Waals surface area contributed by atoms with Crippen LogP contribution in [0.3, 0.4) is 0 Å².